The first-order valence-electron chi connectivity index (χ1n) is 6.40. The molecule has 1 aromatic rings. The smallest absolute Gasteiger partial charge is 0.162 e. The van der Waals surface area contributed by atoms with Crippen molar-refractivity contribution in [1.82, 2.24) is 5.32 Å². The van der Waals surface area contributed by atoms with E-state index < -0.39 is 0 Å². The van der Waals surface area contributed by atoms with Crippen molar-refractivity contribution in [2.75, 3.05) is 13.7 Å². The second-order valence-corrected chi connectivity index (χ2v) is 5.30. The van der Waals surface area contributed by atoms with Gasteiger partial charge in [-0.3, -0.25) is 0 Å². The number of hydrogen-bond acceptors (Lipinski definition) is 3. The molecule has 19 heavy (non-hydrogen) atoms. The lowest BCUT2D eigenvalue weighted by atomic mass is 10.1. The maximum Gasteiger partial charge on any atom is 0.162 e. The normalized spacial score (nSPS) is 10.6. The van der Waals surface area contributed by atoms with E-state index in [0.717, 1.165) is 23.6 Å². The Morgan fingerprint density at radius 2 is 1.95 bits per heavy atom. The number of methoxy groups -OCH3 is 1. The summed E-state index contributed by atoms with van der Waals surface area (Å²) in [6.07, 6.45) is 0. The highest BCUT2D eigenvalue weighted by molar-refractivity contribution is 5.43. The minimum atomic E-state index is 0.0919. The molecule has 0 bridgehead atoms. The maximum absolute atomic E-state index is 5.61. The summed E-state index contributed by atoms with van der Waals surface area (Å²) in [5.41, 5.74) is 1.25. The number of ether oxygens (including phenoxy) is 2. The Kier molecular flexibility index (Phi) is 5.72. The Morgan fingerprint density at radius 3 is 2.53 bits per heavy atom. The van der Waals surface area contributed by atoms with Crippen molar-refractivity contribution in [3.05, 3.63) is 23.8 Å². The molecule has 0 aliphatic rings. The molecule has 0 aromatic heterocycles. The van der Waals surface area contributed by atoms with E-state index in [1.807, 2.05) is 18.2 Å². The van der Waals surface area contributed by atoms with Gasteiger partial charge in [0, 0.05) is 12.1 Å². The van der Waals surface area contributed by atoms with Crippen LogP contribution in [0.1, 0.15) is 33.3 Å². The highest BCUT2D eigenvalue weighted by Gasteiger charge is 2.10. The molecule has 0 atom stereocenters. The fraction of sp³-hybridized carbons (Fsp3) is 0.500. The molecule has 1 aromatic carbocycles. The van der Waals surface area contributed by atoms with Crippen molar-refractivity contribution in [2.24, 2.45) is 0 Å². The molecule has 3 heteroatoms. The highest BCUT2D eigenvalue weighted by atomic mass is 16.5. The zero-order valence-corrected chi connectivity index (χ0v) is 12.5. The Bertz CT molecular complexity index is 464. The average Bonchev–Trinajstić information content (AvgIpc) is 2.36. The molecule has 1 N–H and O–H groups in total. The quantitative estimate of drug-likeness (QED) is 0.827. The van der Waals surface area contributed by atoms with Gasteiger partial charge in [0.2, 0.25) is 0 Å². The molecule has 0 saturated heterocycles. The van der Waals surface area contributed by atoms with Gasteiger partial charge in [0.25, 0.3) is 0 Å². The van der Waals surface area contributed by atoms with Crippen LogP contribution in [0.15, 0.2) is 18.2 Å². The molecule has 104 valence electrons. The third-order valence-corrected chi connectivity index (χ3v) is 2.53. The molecule has 1 rings (SSSR count). The molecule has 0 unspecified atom stereocenters. The van der Waals surface area contributed by atoms with Crippen molar-refractivity contribution in [3.63, 3.8) is 0 Å². The fourth-order valence-corrected chi connectivity index (χ4v) is 1.50. The predicted octanol–water partition coefficient (Wildman–Crippen LogP) is 2.99. The Morgan fingerprint density at radius 1 is 1.21 bits per heavy atom. The molecule has 0 radical (unpaired) electrons. The average molecular weight is 261 g/mol. The van der Waals surface area contributed by atoms with Crippen LogP contribution in [0.4, 0.5) is 0 Å². The van der Waals surface area contributed by atoms with Crippen LogP contribution in [0.3, 0.4) is 0 Å². The van der Waals surface area contributed by atoms with Crippen LogP contribution in [0.25, 0.3) is 0 Å². The SMILES string of the molecule is CC#CCOc1cc(CNC(C)(C)C)ccc1OC. The van der Waals surface area contributed by atoms with Crippen LogP contribution >= 0.6 is 0 Å². The third-order valence-electron chi connectivity index (χ3n) is 2.53. The summed E-state index contributed by atoms with van der Waals surface area (Å²) in [6, 6.07) is 5.96. The van der Waals surface area contributed by atoms with Crippen LogP contribution in [0.5, 0.6) is 11.5 Å². The second-order valence-electron chi connectivity index (χ2n) is 5.30. The van der Waals surface area contributed by atoms with Crippen LogP contribution in [0.2, 0.25) is 0 Å². The van der Waals surface area contributed by atoms with E-state index in [-0.39, 0.29) is 5.54 Å². The van der Waals surface area contributed by atoms with E-state index in [1.54, 1.807) is 14.0 Å². The molecule has 0 spiro atoms. The van der Waals surface area contributed by atoms with Gasteiger partial charge in [-0.05, 0) is 45.4 Å². The van der Waals surface area contributed by atoms with Crippen LogP contribution in [-0.2, 0) is 6.54 Å². The number of nitrogens with one attached hydrogen (secondary N) is 1. The first-order valence-corrected chi connectivity index (χ1v) is 6.40. The van der Waals surface area contributed by atoms with E-state index in [0.29, 0.717) is 6.61 Å². The number of benzene rings is 1. The number of rotatable bonds is 5. The lowest BCUT2D eigenvalue weighted by Gasteiger charge is -2.21. The van der Waals surface area contributed by atoms with Crippen LogP contribution in [0, 0.1) is 11.8 Å². The summed E-state index contributed by atoms with van der Waals surface area (Å²) in [7, 11) is 1.64. The standard InChI is InChI=1S/C16H23NO2/c1-6-7-10-19-15-11-13(8-9-14(15)18-5)12-17-16(2,3)4/h8-9,11,17H,10,12H2,1-5H3. The van der Waals surface area contributed by atoms with Crippen molar-refractivity contribution >= 4 is 0 Å². The van der Waals surface area contributed by atoms with Gasteiger partial charge < -0.3 is 14.8 Å². The fourth-order valence-electron chi connectivity index (χ4n) is 1.50. The summed E-state index contributed by atoms with van der Waals surface area (Å²) in [5.74, 6) is 7.16. The second kappa shape index (κ2) is 7.06. The first kappa shape index (κ1) is 15.4. The lowest BCUT2D eigenvalue weighted by Crippen LogP contribution is -2.35. The van der Waals surface area contributed by atoms with E-state index in [9.17, 15) is 0 Å². The maximum atomic E-state index is 5.61. The van der Waals surface area contributed by atoms with Gasteiger partial charge in [0.15, 0.2) is 11.5 Å². The summed E-state index contributed by atoms with van der Waals surface area (Å²) >= 11 is 0. The van der Waals surface area contributed by atoms with E-state index >= 15 is 0 Å². The zero-order valence-electron chi connectivity index (χ0n) is 12.5. The van der Waals surface area contributed by atoms with Crippen molar-refractivity contribution < 1.29 is 9.47 Å². The minimum Gasteiger partial charge on any atom is -0.493 e. The van der Waals surface area contributed by atoms with Gasteiger partial charge in [-0.2, -0.15) is 0 Å². The van der Waals surface area contributed by atoms with E-state index in [1.165, 1.54) is 0 Å². The predicted molar refractivity (Wildman–Crippen MR) is 78.5 cm³/mol. The topological polar surface area (TPSA) is 30.5 Å². The summed E-state index contributed by atoms with van der Waals surface area (Å²) in [5, 5.41) is 3.45. The third kappa shape index (κ3) is 5.67. The van der Waals surface area contributed by atoms with Gasteiger partial charge in [-0.15, -0.1) is 5.92 Å². The first-order chi connectivity index (χ1) is 8.96. The summed E-state index contributed by atoms with van der Waals surface area (Å²) in [4.78, 5) is 0. The van der Waals surface area contributed by atoms with E-state index in [4.69, 9.17) is 9.47 Å². The molecular weight excluding hydrogens is 238 g/mol. The Labute approximate surface area is 116 Å². The van der Waals surface area contributed by atoms with Crippen molar-refractivity contribution in [1.29, 1.82) is 0 Å². The van der Waals surface area contributed by atoms with Gasteiger partial charge in [-0.25, -0.2) is 0 Å². The van der Waals surface area contributed by atoms with Gasteiger partial charge in [-0.1, -0.05) is 12.0 Å². The van der Waals surface area contributed by atoms with Crippen LogP contribution in [-0.4, -0.2) is 19.3 Å². The largest absolute Gasteiger partial charge is 0.493 e. The number of hydrogen-bond donors (Lipinski definition) is 1. The summed E-state index contributed by atoms with van der Waals surface area (Å²) in [6.45, 7) is 9.40. The van der Waals surface area contributed by atoms with Crippen LogP contribution < -0.4 is 14.8 Å². The van der Waals surface area contributed by atoms with E-state index in [2.05, 4.69) is 37.9 Å². The Balaban J connectivity index is 2.78. The summed E-state index contributed by atoms with van der Waals surface area (Å²) < 4.78 is 10.9. The Hall–Kier alpha value is -1.66. The molecule has 0 fully saturated rings. The zero-order chi connectivity index (χ0) is 14.3. The lowest BCUT2D eigenvalue weighted by molar-refractivity contribution is 0.330. The van der Waals surface area contributed by atoms with Crippen molar-refractivity contribution in [2.45, 2.75) is 39.8 Å². The monoisotopic (exact) mass is 261 g/mol. The van der Waals surface area contributed by atoms with Gasteiger partial charge in [0.05, 0.1) is 7.11 Å². The molecule has 0 amide bonds. The van der Waals surface area contributed by atoms with Gasteiger partial charge >= 0.3 is 0 Å². The molecule has 0 aliphatic carbocycles. The molecule has 0 aliphatic heterocycles. The van der Waals surface area contributed by atoms with Crippen molar-refractivity contribution in [3.8, 4) is 23.3 Å². The molecule has 0 saturated carbocycles. The molecule has 0 heterocycles. The molecular formula is C16H23NO2. The molecule has 3 nitrogen and oxygen atoms in total. The minimum absolute atomic E-state index is 0.0919. The highest BCUT2D eigenvalue weighted by Crippen LogP contribution is 2.28. The van der Waals surface area contributed by atoms with Gasteiger partial charge in [0.1, 0.15) is 6.61 Å².